The van der Waals surface area contributed by atoms with E-state index in [1.54, 1.807) is 0 Å². The third-order valence-corrected chi connectivity index (χ3v) is 0.125. The molecular formula is C2H6CoN4O4-4. The number of nitrogens with zero attached hydrogens (tertiary/aromatic N) is 2. The van der Waals surface area contributed by atoms with Gasteiger partial charge in [-0.15, -0.1) is 10.7 Å². The van der Waals surface area contributed by atoms with Crippen molar-refractivity contribution >= 4 is 0 Å². The van der Waals surface area contributed by atoms with Gasteiger partial charge < -0.3 is 31.7 Å². The summed E-state index contributed by atoms with van der Waals surface area (Å²) >= 11 is 0. The quantitative estimate of drug-likeness (QED) is 0.474. The molecule has 0 aromatic rings. The maximum Gasteiger partial charge on any atom is 0 e. The van der Waals surface area contributed by atoms with Crippen LogP contribution in [0.3, 0.4) is 0 Å². The zero-order chi connectivity index (χ0) is 8.83. The molecule has 0 aliphatic carbocycles. The van der Waals surface area contributed by atoms with Crippen LogP contribution in [-0.2, 0) is 16.8 Å². The van der Waals surface area contributed by atoms with Crippen LogP contribution in [0.4, 0.5) is 0 Å². The molecule has 0 saturated heterocycles. The van der Waals surface area contributed by atoms with Gasteiger partial charge in [-0.05, 0) is 0 Å². The normalized spacial score (nSPS) is 4.91. The van der Waals surface area contributed by atoms with Crippen molar-refractivity contribution in [2.45, 2.75) is 0 Å². The summed E-state index contributed by atoms with van der Waals surface area (Å²) in [5, 5.41) is 18.0. The van der Waals surface area contributed by atoms with Crippen LogP contribution in [0.1, 0.15) is 0 Å². The zero-order valence-corrected chi connectivity index (χ0v) is 6.32. The van der Waals surface area contributed by atoms with Gasteiger partial charge in [0.25, 0.3) is 0 Å². The van der Waals surface area contributed by atoms with Crippen molar-refractivity contribution < 1.29 is 16.8 Å². The molecule has 0 atom stereocenters. The Morgan fingerprint density at radius 3 is 1.09 bits per heavy atom. The molecule has 0 spiro atoms. The molecule has 0 rings (SSSR count). The Hall–Kier alpha value is -0.774. The minimum atomic E-state index is 0. The molecule has 11 heavy (non-hydrogen) atoms. The van der Waals surface area contributed by atoms with E-state index in [1.807, 2.05) is 0 Å². The molecule has 0 fully saturated rings. The standard InChI is InChI=1S/C2H6N2.Co.2HNO2/c3-1-2-4;;2*2-1-3/h3-4H,1-2H2;;2*(H,2,3)/q-2;;;/p-2. The van der Waals surface area contributed by atoms with E-state index in [-0.39, 0.29) is 29.9 Å². The molecule has 0 unspecified atom stereocenters. The molecule has 0 saturated carbocycles. The Balaban J connectivity index is -0.0000000325. The van der Waals surface area contributed by atoms with Gasteiger partial charge in [0.2, 0.25) is 0 Å². The fourth-order valence-electron chi connectivity index (χ4n) is 0. The van der Waals surface area contributed by atoms with Crippen molar-refractivity contribution in [3.63, 3.8) is 0 Å². The van der Waals surface area contributed by atoms with Crippen LogP contribution in [0.5, 0.6) is 0 Å². The Morgan fingerprint density at radius 2 is 1.09 bits per heavy atom. The first kappa shape index (κ1) is 22.5. The van der Waals surface area contributed by atoms with Crippen LogP contribution in [0, 0.1) is 20.2 Å². The van der Waals surface area contributed by atoms with Crippen LogP contribution in [0.25, 0.3) is 11.5 Å². The summed E-state index contributed by atoms with van der Waals surface area (Å²) in [5.41, 5.74) is 12.5. The van der Waals surface area contributed by atoms with E-state index in [4.69, 9.17) is 31.7 Å². The van der Waals surface area contributed by atoms with E-state index in [0.29, 0.717) is 0 Å². The summed E-state index contributed by atoms with van der Waals surface area (Å²) in [5.74, 6) is 0. The van der Waals surface area contributed by atoms with Gasteiger partial charge in [-0.25, -0.2) is 0 Å². The van der Waals surface area contributed by atoms with E-state index in [9.17, 15) is 0 Å². The van der Waals surface area contributed by atoms with Gasteiger partial charge >= 0.3 is 0 Å². The minimum Gasteiger partial charge on any atom is -0.679 e. The molecule has 0 bridgehead atoms. The summed E-state index contributed by atoms with van der Waals surface area (Å²) in [4.78, 5) is 16.0. The van der Waals surface area contributed by atoms with E-state index < -0.39 is 0 Å². The zero-order valence-electron chi connectivity index (χ0n) is 5.27. The SMILES string of the molecule is O=N[O-].O=N[O-].[Co].[NH-]CC[NH-]. The molecule has 0 amide bonds. The van der Waals surface area contributed by atoms with Gasteiger partial charge in [-0.1, -0.05) is 0 Å². The second-order valence-electron chi connectivity index (χ2n) is 0.649. The van der Waals surface area contributed by atoms with Crippen molar-refractivity contribution in [1.29, 1.82) is 0 Å². The first-order valence-electron chi connectivity index (χ1n) is 1.94. The second-order valence-corrected chi connectivity index (χ2v) is 0.649. The number of hydrogen-bond donors (Lipinski definition) is 0. The Bertz CT molecular complexity index is 56.1. The van der Waals surface area contributed by atoms with E-state index in [0.717, 1.165) is 10.7 Å². The third kappa shape index (κ3) is 9390. The summed E-state index contributed by atoms with van der Waals surface area (Å²) in [6.07, 6.45) is 0. The van der Waals surface area contributed by atoms with E-state index >= 15 is 0 Å². The van der Waals surface area contributed by atoms with Gasteiger partial charge in [0.1, 0.15) is 0 Å². The summed E-state index contributed by atoms with van der Waals surface area (Å²) in [6.45, 7) is 0.472. The van der Waals surface area contributed by atoms with E-state index in [2.05, 4.69) is 0 Å². The number of hydrogen-bond acceptors (Lipinski definition) is 6. The van der Waals surface area contributed by atoms with Crippen LogP contribution in [-0.4, -0.2) is 13.1 Å². The average molecular weight is 209 g/mol. The van der Waals surface area contributed by atoms with Crippen molar-refractivity contribution in [1.82, 2.24) is 0 Å². The smallest absolute Gasteiger partial charge is 0 e. The molecule has 1 radical (unpaired) electrons. The topological polar surface area (TPSA) is 153 Å². The van der Waals surface area contributed by atoms with Crippen molar-refractivity contribution in [3.8, 4) is 0 Å². The molecule has 0 aliphatic heterocycles. The Morgan fingerprint density at radius 1 is 1.00 bits per heavy atom. The van der Waals surface area contributed by atoms with Gasteiger partial charge in [0, 0.05) is 16.8 Å². The molecule has 71 valence electrons. The molecule has 9 heteroatoms. The Kier molecular flexibility index (Phi) is 122. The maximum absolute atomic E-state index is 8.00. The van der Waals surface area contributed by atoms with Crippen LogP contribution >= 0.6 is 0 Å². The average Bonchev–Trinajstić information content (AvgIpc) is 1.91. The Labute approximate surface area is 73.0 Å². The van der Waals surface area contributed by atoms with Gasteiger partial charge in [-0.3, -0.25) is 0 Å². The summed E-state index contributed by atoms with van der Waals surface area (Å²) in [7, 11) is 0. The molecule has 2 N–H and O–H groups in total. The summed E-state index contributed by atoms with van der Waals surface area (Å²) in [6, 6.07) is 0. The molecule has 0 aromatic heterocycles. The first-order valence-corrected chi connectivity index (χ1v) is 1.94. The number of nitrogens with one attached hydrogen (secondary N) is 2. The molecule has 0 heterocycles. The van der Waals surface area contributed by atoms with Crippen molar-refractivity contribution in [2.75, 3.05) is 13.1 Å². The third-order valence-electron chi connectivity index (χ3n) is 0.125. The van der Waals surface area contributed by atoms with E-state index in [1.165, 1.54) is 0 Å². The van der Waals surface area contributed by atoms with Crippen molar-refractivity contribution in [2.24, 2.45) is 10.7 Å². The molecule has 8 nitrogen and oxygen atoms in total. The van der Waals surface area contributed by atoms with Crippen molar-refractivity contribution in [3.05, 3.63) is 31.7 Å². The fourth-order valence-corrected chi connectivity index (χ4v) is 0. The minimum absolute atomic E-state index is 0. The first-order chi connectivity index (χ1) is 4.74. The number of rotatable bonds is 1. The maximum atomic E-state index is 8.00. The monoisotopic (exact) mass is 209 g/mol. The predicted molar refractivity (Wildman–Crippen MR) is 36.7 cm³/mol. The van der Waals surface area contributed by atoms with Gasteiger partial charge in [0.05, 0.1) is 0 Å². The fraction of sp³-hybridized carbons (Fsp3) is 1.00. The second kappa shape index (κ2) is 60.0. The molecular weight excluding hydrogens is 203 g/mol. The van der Waals surface area contributed by atoms with Gasteiger partial charge in [0.15, 0.2) is 0 Å². The van der Waals surface area contributed by atoms with Gasteiger partial charge in [-0.2, -0.15) is 13.1 Å². The van der Waals surface area contributed by atoms with Crippen LogP contribution < -0.4 is 0 Å². The largest absolute Gasteiger partial charge is 0.679 e. The predicted octanol–water partition coefficient (Wildman–Crippen LogP) is 1.59. The molecule has 0 aromatic carbocycles. The van der Waals surface area contributed by atoms with Crippen LogP contribution in [0.15, 0.2) is 10.7 Å². The summed E-state index contributed by atoms with van der Waals surface area (Å²) < 4.78 is 0. The van der Waals surface area contributed by atoms with Crippen LogP contribution in [0.2, 0.25) is 0 Å². The molecule has 0 aliphatic rings.